The lowest BCUT2D eigenvalue weighted by atomic mass is 10.0. The fourth-order valence-electron chi connectivity index (χ4n) is 3.40. The topological polar surface area (TPSA) is 103 Å². The second kappa shape index (κ2) is 7.71. The first-order chi connectivity index (χ1) is 12.9. The Bertz CT molecular complexity index is 927. The van der Waals surface area contributed by atoms with Gasteiger partial charge in [0.05, 0.1) is 23.4 Å². The molecule has 3 N–H and O–H groups in total. The summed E-state index contributed by atoms with van der Waals surface area (Å²) < 4.78 is 21.0. The molecule has 2 amide bonds. The van der Waals surface area contributed by atoms with E-state index in [4.69, 9.17) is 10.5 Å². The first kappa shape index (κ1) is 18.8. The number of benzene rings is 1. The van der Waals surface area contributed by atoms with Crippen LogP contribution >= 0.6 is 0 Å². The number of carbonyl (C=O) groups excluding carboxylic acids is 2. The van der Waals surface area contributed by atoms with Crippen LogP contribution in [0.5, 0.6) is 0 Å². The summed E-state index contributed by atoms with van der Waals surface area (Å²) in [6.07, 6.45) is 1.71. The molecular formula is C19H20FN3O4. The molecule has 0 unspecified atom stereocenters. The number of rotatable bonds is 5. The van der Waals surface area contributed by atoms with Crippen molar-refractivity contribution in [1.29, 1.82) is 0 Å². The molecule has 142 valence electrons. The molecule has 1 fully saturated rings. The minimum Gasteiger partial charge on any atom is -0.381 e. The minimum absolute atomic E-state index is 0.00391. The lowest BCUT2D eigenvalue weighted by molar-refractivity contribution is -0.125. The number of nitrogens with two attached hydrogens (primary N) is 1. The zero-order valence-electron chi connectivity index (χ0n) is 14.7. The van der Waals surface area contributed by atoms with Gasteiger partial charge < -0.3 is 15.8 Å². The summed E-state index contributed by atoms with van der Waals surface area (Å²) >= 11 is 0. The molecule has 1 aromatic heterocycles. The molecule has 27 heavy (non-hydrogen) atoms. The maximum absolute atomic E-state index is 14.4. The highest BCUT2D eigenvalue weighted by Crippen LogP contribution is 2.34. The molecular weight excluding hydrogens is 353 g/mol. The molecule has 1 aliphatic carbocycles. The molecule has 8 heteroatoms. The number of carbonyl (C=O) groups is 2. The molecule has 3 atom stereocenters. The molecule has 2 aromatic rings. The van der Waals surface area contributed by atoms with E-state index < -0.39 is 35.6 Å². The van der Waals surface area contributed by atoms with Crippen LogP contribution in [0.3, 0.4) is 0 Å². The first-order valence-electron chi connectivity index (χ1n) is 8.51. The second-order valence-corrected chi connectivity index (χ2v) is 6.51. The second-order valence-electron chi connectivity index (χ2n) is 6.51. The van der Waals surface area contributed by atoms with Crippen LogP contribution in [-0.2, 0) is 14.3 Å². The number of hydrogen-bond donors (Lipinski definition) is 2. The standard InChI is InChI=1S/C19H20FN3O4/c1-27-16-9-11(8-13(16)18(21)25)19(26)22-15-6-5-12(10-14(15)20)23-7-3-2-4-17(23)24/h2-7,10-11,13,16H,8-9H2,1H3,(H2,21,25)(H,22,26)/t11-,13+,16+/m1/s1. The van der Waals surface area contributed by atoms with E-state index in [-0.39, 0.29) is 17.7 Å². The van der Waals surface area contributed by atoms with Crippen molar-refractivity contribution < 1.29 is 18.7 Å². The average Bonchev–Trinajstić information content (AvgIpc) is 3.09. The molecule has 0 bridgehead atoms. The Hall–Kier alpha value is -3.00. The Balaban J connectivity index is 1.75. The molecule has 7 nitrogen and oxygen atoms in total. The van der Waals surface area contributed by atoms with Gasteiger partial charge in [-0.3, -0.25) is 19.0 Å². The maximum atomic E-state index is 14.4. The van der Waals surface area contributed by atoms with Crippen LogP contribution in [0.25, 0.3) is 5.69 Å². The zero-order valence-corrected chi connectivity index (χ0v) is 14.7. The fraction of sp³-hybridized carbons (Fsp3) is 0.316. The third-order valence-electron chi connectivity index (χ3n) is 4.85. The van der Waals surface area contributed by atoms with Gasteiger partial charge in [-0.2, -0.15) is 0 Å². The summed E-state index contributed by atoms with van der Waals surface area (Å²) in [5, 5.41) is 2.54. The van der Waals surface area contributed by atoms with Crippen LogP contribution in [0, 0.1) is 17.7 Å². The van der Waals surface area contributed by atoms with Crippen molar-refractivity contribution in [2.45, 2.75) is 18.9 Å². The monoisotopic (exact) mass is 373 g/mol. The lowest BCUT2D eigenvalue weighted by Crippen LogP contribution is -2.30. The van der Waals surface area contributed by atoms with Crippen molar-refractivity contribution in [3.63, 3.8) is 0 Å². The fourth-order valence-corrected chi connectivity index (χ4v) is 3.40. The number of amides is 2. The molecule has 0 aliphatic heterocycles. The highest BCUT2D eigenvalue weighted by Gasteiger charge is 2.41. The van der Waals surface area contributed by atoms with Gasteiger partial charge in [0.2, 0.25) is 11.8 Å². The van der Waals surface area contributed by atoms with Gasteiger partial charge in [0, 0.05) is 31.4 Å². The smallest absolute Gasteiger partial charge is 0.255 e. The van der Waals surface area contributed by atoms with E-state index in [2.05, 4.69) is 5.32 Å². The molecule has 1 heterocycles. The number of nitrogens with one attached hydrogen (secondary N) is 1. The van der Waals surface area contributed by atoms with Crippen molar-refractivity contribution in [1.82, 2.24) is 4.57 Å². The van der Waals surface area contributed by atoms with Gasteiger partial charge in [-0.25, -0.2) is 4.39 Å². The number of methoxy groups -OCH3 is 1. The summed E-state index contributed by atoms with van der Waals surface area (Å²) in [6.45, 7) is 0. The number of primary amides is 1. The number of anilines is 1. The van der Waals surface area contributed by atoms with Crippen LogP contribution in [0.1, 0.15) is 12.8 Å². The van der Waals surface area contributed by atoms with Crippen LogP contribution < -0.4 is 16.6 Å². The summed E-state index contributed by atoms with van der Waals surface area (Å²) in [5.41, 5.74) is 5.42. The molecule has 0 radical (unpaired) electrons. The zero-order chi connectivity index (χ0) is 19.6. The third-order valence-corrected chi connectivity index (χ3v) is 4.85. The van der Waals surface area contributed by atoms with Crippen LogP contribution in [0.15, 0.2) is 47.4 Å². The molecule has 0 spiro atoms. The minimum atomic E-state index is -0.663. The van der Waals surface area contributed by atoms with E-state index in [1.807, 2.05) is 0 Å². The quantitative estimate of drug-likeness (QED) is 0.828. The highest BCUT2D eigenvalue weighted by atomic mass is 19.1. The Morgan fingerprint density at radius 2 is 2.04 bits per heavy atom. The van der Waals surface area contributed by atoms with Crippen molar-refractivity contribution >= 4 is 17.5 Å². The van der Waals surface area contributed by atoms with Gasteiger partial charge in [0.1, 0.15) is 5.82 Å². The predicted octanol–water partition coefficient (Wildman–Crippen LogP) is 1.44. The Labute approximate surface area is 154 Å². The van der Waals surface area contributed by atoms with E-state index in [1.54, 1.807) is 18.2 Å². The number of pyridine rings is 1. The summed E-state index contributed by atoms with van der Waals surface area (Å²) in [5.74, 6) is -2.61. The number of aromatic nitrogens is 1. The average molecular weight is 373 g/mol. The lowest BCUT2D eigenvalue weighted by Gasteiger charge is -2.13. The van der Waals surface area contributed by atoms with Gasteiger partial charge in [0.25, 0.3) is 5.56 Å². The van der Waals surface area contributed by atoms with Crippen molar-refractivity contribution in [3.05, 3.63) is 58.8 Å². The molecule has 1 aromatic carbocycles. The van der Waals surface area contributed by atoms with Crippen molar-refractivity contribution in [3.8, 4) is 5.69 Å². The van der Waals surface area contributed by atoms with E-state index >= 15 is 0 Å². The van der Waals surface area contributed by atoms with Gasteiger partial charge in [0.15, 0.2) is 0 Å². The van der Waals surface area contributed by atoms with Gasteiger partial charge >= 0.3 is 0 Å². The maximum Gasteiger partial charge on any atom is 0.255 e. The Morgan fingerprint density at radius 1 is 1.26 bits per heavy atom. The van der Waals surface area contributed by atoms with Crippen LogP contribution in [0.2, 0.25) is 0 Å². The van der Waals surface area contributed by atoms with Crippen LogP contribution in [-0.4, -0.2) is 29.6 Å². The van der Waals surface area contributed by atoms with Gasteiger partial charge in [-0.15, -0.1) is 0 Å². The number of nitrogens with zero attached hydrogens (tertiary/aromatic N) is 1. The largest absolute Gasteiger partial charge is 0.381 e. The normalized spacial score (nSPS) is 21.8. The highest BCUT2D eigenvalue weighted by molar-refractivity contribution is 5.93. The number of ether oxygens (including phenoxy) is 1. The van der Waals surface area contributed by atoms with Crippen LogP contribution in [0.4, 0.5) is 10.1 Å². The SMILES string of the molecule is CO[C@H]1C[C@H](C(=O)Nc2ccc(-n3ccccc3=O)cc2F)C[C@@H]1C(N)=O. The van der Waals surface area contributed by atoms with E-state index in [9.17, 15) is 18.8 Å². The van der Waals surface area contributed by atoms with Crippen molar-refractivity contribution in [2.24, 2.45) is 17.6 Å². The summed E-state index contributed by atoms with van der Waals surface area (Å²) in [6, 6.07) is 8.74. The summed E-state index contributed by atoms with van der Waals surface area (Å²) in [7, 11) is 1.46. The third kappa shape index (κ3) is 3.90. The number of halogens is 1. The van der Waals surface area contributed by atoms with E-state index in [0.717, 1.165) is 0 Å². The molecule has 1 aliphatic rings. The Morgan fingerprint density at radius 3 is 2.63 bits per heavy atom. The molecule has 0 saturated heterocycles. The van der Waals surface area contributed by atoms with Gasteiger partial charge in [-0.1, -0.05) is 6.07 Å². The Kier molecular flexibility index (Phi) is 5.36. The first-order valence-corrected chi connectivity index (χ1v) is 8.51. The van der Waals surface area contributed by atoms with Crippen molar-refractivity contribution in [2.75, 3.05) is 12.4 Å². The molecule has 1 saturated carbocycles. The number of hydrogen-bond acceptors (Lipinski definition) is 4. The summed E-state index contributed by atoms with van der Waals surface area (Å²) in [4.78, 5) is 35.8. The predicted molar refractivity (Wildman–Crippen MR) is 96.8 cm³/mol. The van der Waals surface area contributed by atoms with E-state index in [1.165, 1.54) is 36.1 Å². The van der Waals surface area contributed by atoms with E-state index in [0.29, 0.717) is 12.1 Å². The molecule has 3 rings (SSSR count). The van der Waals surface area contributed by atoms with Gasteiger partial charge in [-0.05, 0) is 31.0 Å².